The summed E-state index contributed by atoms with van der Waals surface area (Å²) in [5.74, 6) is 0.573. The van der Waals surface area contributed by atoms with E-state index < -0.39 is 0 Å². The predicted octanol–water partition coefficient (Wildman–Crippen LogP) is 10.5. The van der Waals surface area contributed by atoms with Gasteiger partial charge in [-0.05, 0) is 94.7 Å². The van der Waals surface area contributed by atoms with Gasteiger partial charge in [-0.2, -0.15) is 9.97 Å². The first-order valence-corrected chi connectivity index (χ1v) is 16.3. The van der Waals surface area contributed by atoms with Gasteiger partial charge in [0.2, 0.25) is 23.5 Å². The normalized spacial score (nSPS) is 12.0. The van der Waals surface area contributed by atoms with Crippen LogP contribution in [0.4, 0.5) is 0 Å². The molecule has 7 aromatic carbocycles. The molecule has 0 bridgehead atoms. The van der Waals surface area contributed by atoms with Gasteiger partial charge in [0.25, 0.3) is 0 Å². The molecule has 0 aliphatic rings. The first kappa shape index (κ1) is 27.2. The quantitative estimate of drug-likeness (QED) is 0.106. The number of hydrogen-bond donors (Lipinski definition) is 2. The van der Waals surface area contributed by atoms with Crippen molar-refractivity contribution in [1.29, 1.82) is 0 Å². The highest BCUT2D eigenvalue weighted by Crippen LogP contribution is 2.50. The van der Waals surface area contributed by atoms with Crippen LogP contribution >= 0.6 is 24.1 Å². The molecule has 2 heterocycles. The highest BCUT2D eigenvalue weighted by Gasteiger charge is 2.23. The summed E-state index contributed by atoms with van der Waals surface area (Å²) in [5, 5.41) is 32.3. The zero-order valence-electron chi connectivity index (χ0n) is 24.7. The smallest absolute Gasteiger partial charge is 0.239 e. The lowest BCUT2D eigenvalue weighted by Gasteiger charge is -2.20. The molecule has 2 N–H and O–H groups in total. The van der Waals surface area contributed by atoms with Crippen LogP contribution in [-0.4, -0.2) is 20.2 Å². The molecule has 0 amide bonds. The molecule has 0 saturated heterocycles. The minimum absolute atomic E-state index is 0.184. The second-order valence-electron chi connectivity index (χ2n) is 11.6. The summed E-state index contributed by atoms with van der Waals surface area (Å²) in [4.78, 5) is 10.9. The lowest BCUT2D eigenvalue weighted by molar-refractivity contribution is 0.422. The van der Waals surface area contributed by atoms with E-state index in [1.54, 1.807) is 0 Å². The van der Waals surface area contributed by atoms with Crippen LogP contribution in [0.25, 0.3) is 64.6 Å². The molecule has 46 heavy (non-hydrogen) atoms. The molecule has 0 fully saturated rings. The van der Waals surface area contributed by atoms with Gasteiger partial charge in [-0.3, -0.25) is 0 Å². The van der Waals surface area contributed by atoms with Gasteiger partial charge >= 0.3 is 0 Å². The molecule has 0 saturated carbocycles. The number of fused-ring (bicyclic) bond motifs is 2. The van der Waals surface area contributed by atoms with E-state index in [0.717, 1.165) is 63.7 Å². The van der Waals surface area contributed by atoms with Crippen LogP contribution in [0.3, 0.4) is 0 Å². The van der Waals surface area contributed by atoms with Crippen molar-refractivity contribution in [2.45, 2.75) is 23.6 Å². The Morgan fingerprint density at radius 1 is 0.413 bits per heavy atom. The van der Waals surface area contributed by atoms with E-state index in [9.17, 15) is 10.2 Å². The van der Waals surface area contributed by atoms with E-state index >= 15 is 0 Å². The molecule has 0 unspecified atom stereocenters. The number of hydrogen-bond acceptors (Lipinski definition) is 8. The van der Waals surface area contributed by atoms with E-state index in [4.69, 9.17) is 13.4 Å². The minimum Gasteiger partial charge on any atom is -0.493 e. The van der Waals surface area contributed by atoms with E-state index in [0.29, 0.717) is 22.5 Å². The number of aromatic hydroxyl groups is 2. The van der Waals surface area contributed by atoms with Crippen molar-refractivity contribution < 1.29 is 18.6 Å². The summed E-state index contributed by atoms with van der Waals surface area (Å²) < 4.78 is 12.7. The SMILES string of the molecule is Cc1ccc(SOc2nc(OSc3ccc(C)cc3)c3ccc4c5ccc6c(O)nc(O)c7ccc(c8ccc2c3c84)c5c76)cc1. The highest BCUT2D eigenvalue weighted by atomic mass is 32.2. The third-order valence-corrected chi connectivity index (χ3v) is 10.1. The Bertz CT molecular complexity index is 2450. The topological polar surface area (TPSA) is 84.7 Å². The summed E-state index contributed by atoms with van der Waals surface area (Å²) in [6.45, 7) is 4.12. The molecule has 0 aliphatic carbocycles. The van der Waals surface area contributed by atoms with E-state index in [1.165, 1.54) is 35.2 Å². The fraction of sp³-hybridized carbons (Fsp3) is 0.0526. The minimum atomic E-state index is -0.184. The fourth-order valence-corrected chi connectivity index (χ4v) is 7.64. The molecule has 9 rings (SSSR count). The largest absolute Gasteiger partial charge is 0.493 e. The van der Waals surface area contributed by atoms with Crippen molar-refractivity contribution >= 4 is 88.7 Å². The molecule has 2 aromatic heterocycles. The summed E-state index contributed by atoms with van der Waals surface area (Å²) in [5.41, 5.74) is 2.36. The van der Waals surface area contributed by atoms with Crippen molar-refractivity contribution in [2.24, 2.45) is 0 Å². The Morgan fingerprint density at radius 3 is 1.15 bits per heavy atom. The van der Waals surface area contributed by atoms with Crippen LogP contribution < -0.4 is 8.37 Å². The number of nitrogens with zero attached hydrogens (tertiary/aromatic N) is 2. The molecule has 0 spiro atoms. The Kier molecular flexibility index (Phi) is 6.00. The molecule has 6 nitrogen and oxygen atoms in total. The second-order valence-corrected chi connectivity index (χ2v) is 13.2. The third-order valence-electron chi connectivity index (χ3n) is 8.73. The zero-order chi connectivity index (χ0) is 31.1. The predicted molar refractivity (Wildman–Crippen MR) is 188 cm³/mol. The lowest BCUT2D eigenvalue weighted by Crippen LogP contribution is -1.97. The van der Waals surface area contributed by atoms with Gasteiger partial charge in [-0.1, -0.05) is 59.7 Å². The van der Waals surface area contributed by atoms with Crippen LogP contribution in [0, 0.1) is 13.8 Å². The van der Waals surface area contributed by atoms with Gasteiger partial charge in [0.05, 0.1) is 24.1 Å². The van der Waals surface area contributed by atoms with E-state index in [1.807, 2.05) is 48.5 Å². The van der Waals surface area contributed by atoms with Crippen LogP contribution in [0.2, 0.25) is 0 Å². The Balaban J connectivity index is 1.31. The Hall–Kier alpha value is -5.18. The summed E-state index contributed by atoms with van der Waals surface area (Å²) in [7, 11) is 0. The van der Waals surface area contributed by atoms with Crippen LogP contribution in [0.5, 0.6) is 23.5 Å². The maximum atomic E-state index is 10.6. The Morgan fingerprint density at radius 2 is 0.739 bits per heavy atom. The maximum Gasteiger partial charge on any atom is 0.239 e. The monoisotopic (exact) mass is 636 g/mol. The van der Waals surface area contributed by atoms with Crippen LogP contribution in [-0.2, 0) is 0 Å². The zero-order valence-corrected chi connectivity index (χ0v) is 26.3. The third kappa shape index (κ3) is 4.07. The maximum absolute atomic E-state index is 10.6. The van der Waals surface area contributed by atoms with Crippen molar-refractivity contribution in [1.82, 2.24) is 9.97 Å². The first-order chi connectivity index (χ1) is 22.4. The van der Waals surface area contributed by atoms with Gasteiger partial charge in [-0.15, -0.1) is 0 Å². The number of aryl methyl sites for hydroxylation is 2. The van der Waals surface area contributed by atoms with Crippen LogP contribution in [0.1, 0.15) is 11.1 Å². The van der Waals surface area contributed by atoms with Crippen molar-refractivity contribution in [3.63, 3.8) is 0 Å². The average Bonchev–Trinajstić information content (AvgIpc) is 3.07. The molecule has 0 aliphatic heterocycles. The molecule has 0 radical (unpaired) electrons. The van der Waals surface area contributed by atoms with Gasteiger partial charge in [0.15, 0.2) is 0 Å². The molecular weight excluding hydrogens is 613 g/mol. The highest BCUT2D eigenvalue weighted by molar-refractivity contribution is 7.95. The summed E-state index contributed by atoms with van der Waals surface area (Å²) in [6.07, 6.45) is 0. The van der Waals surface area contributed by atoms with Crippen molar-refractivity contribution in [3.8, 4) is 23.5 Å². The molecule has 0 atom stereocenters. The molecule has 8 heteroatoms. The van der Waals surface area contributed by atoms with Gasteiger partial charge in [0.1, 0.15) is 0 Å². The van der Waals surface area contributed by atoms with Gasteiger partial charge in [0, 0.05) is 42.1 Å². The number of pyridine rings is 2. The fourth-order valence-electron chi connectivity index (χ4n) is 6.54. The number of rotatable bonds is 6. The number of aromatic nitrogens is 2. The molecular formula is C38H24N2O4S2. The molecule has 222 valence electrons. The van der Waals surface area contributed by atoms with Gasteiger partial charge in [-0.25, -0.2) is 0 Å². The molecule has 9 aromatic rings. The second kappa shape index (κ2) is 10.2. The van der Waals surface area contributed by atoms with Crippen molar-refractivity contribution in [3.05, 3.63) is 108 Å². The summed E-state index contributed by atoms with van der Waals surface area (Å²) in [6, 6.07) is 32.5. The van der Waals surface area contributed by atoms with E-state index in [-0.39, 0.29) is 11.8 Å². The van der Waals surface area contributed by atoms with Gasteiger partial charge < -0.3 is 18.6 Å². The first-order valence-electron chi connectivity index (χ1n) is 14.8. The van der Waals surface area contributed by atoms with E-state index in [2.05, 4.69) is 67.4 Å². The lowest BCUT2D eigenvalue weighted by atomic mass is 9.86. The average molecular weight is 637 g/mol. The Labute approximate surface area is 271 Å². The number of benzene rings is 7. The summed E-state index contributed by atoms with van der Waals surface area (Å²) >= 11 is 2.54. The van der Waals surface area contributed by atoms with Crippen molar-refractivity contribution in [2.75, 3.05) is 0 Å². The van der Waals surface area contributed by atoms with Crippen LogP contribution in [0.15, 0.2) is 107 Å². The standard InChI is InChI=1S/C38H24N2O4S2/c1-19-3-7-21(8-4-19)45-43-37-29-17-13-25-23-11-15-27-33-28(36(42)39-35(27)41)16-12-24(31(23)33)26-14-18-30(34(29)32(25)26)38(40-37)44-46-22-9-5-20(2)6-10-22/h3-18H,1-2H3,(H2,39,41,42).